The molecule has 0 radical (unpaired) electrons. The first kappa shape index (κ1) is 10.8. The van der Waals surface area contributed by atoms with Crippen molar-refractivity contribution in [3.8, 4) is 0 Å². The van der Waals surface area contributed by atoms with Crippen LogP contribution in [0.5, 0.6) is 0 Å². The van der Waals surface area contributed by atoms with Crippen molar-refractivity contribution in [2.45, 2.75) is 20.8 Å². The molecule has 14 heavy (non-hydrogen) atoms. The maximum absolute atomic E-state index is 11.4. The van der Waals surface area contributed by atoms with Gasteiger partial charge in [-0.1, -0.05) is 13.8 Å². The first-order chi connectivity index (χ1) is 6.61. The molecule has 1 amide bonds. The largest absolute Gasteiger partial charge is 0.459 e. The summed E-state index contributed by atoms with van der Waals surface area (Å²) in [5.41, 5.74) is 3.13. The van der Waals surface area contributed by atoms with Crippen molar-refractivity contribution in [2.75, 3.05) is 6.61 Å². The fourth-order valence-electron chi connectivity index (χ4n) is 0.926. The molecule has 1 N–H and O–H groups in total. The fraction of sp³-hybridized carbons (Fsp3) is 0.500. The smallest absolute Gasteiger partial charge is 0.310 e. The zero-order valence-electron chi connectivity index (χ0n) is 8.66. The quantitative estimate of drug-likeness (QED) is 0.750. The lowest BCUT2D eigenvalue weighted by Gasteiger charge is -2.06. The van der Waals surface area contributed by atoms with E-state index in [9.17, 15) is 4.79 Å². The molecule has 1 rings (SSSR count). The lowest BCUT2D eigenvalue weighted by Crippen LogP contribution is -2.25. The normalized spacial score (nSPS) is 10.6. The SMILES string of the molecule is Cc1ccoc1C(=O)NOCC(C)C. The van der Waals surface area contributed by atoms with E-state index in [1.54, 1.807) is 13.0 Å². The Hall–Kier alpha value is -1.29. The van der Waals surface area contributed by atoms with E-state index in [0.717, 1.165) is 5.56 Å². The molecule has 0 fully saturated rings. The summed E-state index contributed by atoms with van der Waals surface area (Å²) in [6.07, 6.45) is 1.48. The van der Waals surface area contributed by atoms with Crippen LogP contribution in [0.2, 0.25) is 0 Å². The summed E-state index contributed by atoms with van der Waals surface area (Å²) in [6.45, 7) is 6.31. The summed E-state index contributed by atoms with van der Waals surface area (Å²) in [7, 11) is 0. The van der Waals surface area contributed by atoms with Gasteiger partial charge in [0.05, 0.1) is 12.9 Å². The zero-order valence-corrected chi connectivity index (χ0v) is 8.66. The molecule has 78 valence electrons. The van der Waals surface area contributed by atoms with Crippen LogP contribution in [-0.4, -0.2) is 12.5 Å². The molecule has 0 aromatic carbocycles. The van der Waals surface area contributed by atoms with Crippen molar-refractivity contribution in [2.24, 2.45) is 5.92 Å². The van der Waals surface area contributed by atoms with Crippen LogP contribution in [-0.2, 0) is 4.84 Å². The lowest BCUT2D eigenvalue weighted by molar-refractivity contribution is 0.0188. The molecule has 1 aromatic rings. The van der Waals surface area contributed by atoms with E-state index in [2.05, 4.69) is 5.48 Å². The van der Waals surface area contributed by atoms with Gasteiger partial charge in [0.1, 0.15) is 0 Å². The molecule has 0 atom stereocenters. The number of nitrogens with one attached hydrogen (secondary N) is 1. The van der Waals surface area contributed by atoms with Crippen molar-refractivity contribution in [1.82, 2.24) is 5.48 Å². The Morgan fingerprint density at radius 1 is 1.64 bits per heavy atom. The average molecular weight is 197 g/mol. The van der Waals surface area contributed by atoms with Gasteiger partial charge in [0, 0.05) is 5.56 Å². The van der Waals surface area contributed by atoms with E-state index in [4.69, 9.17) is 9.25 Å². The van der Waals surface area contributed by atoms with E-state index in [1.807, 2.05) is 13.8 Å². The Morgan fingerprint density at radius 3 is 2.86 bits per heavy atom. The molecule has 1 heterocycles. The number of hydrogen-bond acceptors (Lipinski definition) is 3. The molecule has 0 spiro atoms. The zero-order chi connectivity index (χ0) is 10.6. The van der Waals surface area contributed by atoms with Crippen molar-refractivity contribution >= 4 is 5.91 Å². The maximum atomic E-state index is 11.4. The molecule has 0 aliphatic heterocycles. The van der Waals surface area contributed by atoms with Gasteiger partial charge in [0.25, 0.3) is 0 Å². The van der Waals surface area contributed by atoms with Crippen LogP contribution in [0.4, 0.5) is 0 Å². The second-order valence-corrected chi connectivity index (χ2v) is 3.57. The van der Waals surface area contributed by atoms with Gasteiger partial charge in [-0.05, 0) is 18.9 Å². The van der Waals surface area contributed by atoms with Gasteiger partial charge in [-0.3, -0.25) is 9.63 Å². The van der Waals surface area contributed by atoms with Crippen LogP contribution >= 0.6 is 0 Å². The second kappa shape index (κ2) is 4.81. The number of furan rings is 1. The Kier molecular flexibility index (Phi) is 3.71. The number of rotatable bonds is 4. The Labute approximate surface area is 83.2 Å². The van der Waals surface area contributed by atoms with Gasteiger partial charge >= 0.3 is 5.91 Å². The number of aryl methyl sites for hydroxylation is 1. The minimum atomic E-state index is -0.340. The first-order valence-corrected chi connectivity index (χ1v) is 4.57. The highest BCUT2D eigenvalue weighted by Gasteiger charge is 2.12. The minimum Gasteiger partial charge on any atom is -0.459 e. The van der Waals surface area contributed by atoms with Gasteiger partial charge in [-0.25, -0.2) is 5.48 Å². The molecule has 4 heteroatoms. The Bertz CT molecular complexity index is 304. The summed E-state index contributed by atoms with van der Waals surface area (Å²) in [6, 6.07) is 1.73. The van der Waals surface area contributed by atoms with Crippen LogP contribution < -0.4 is 5.48 Å². The number of carbonyl (C=O) groups excluding carboxylic acids is 1. The number of hydroxylamine groups is 1. The molecular formula is C10H15NO3. The number of carbonyl (C=O) groups is 1. The molecule has 1 aromatic heterocycles. The van der Waals surface area contributed by atoms with Crippen LogP contribution in [0.15, 0.2) is 16.7 Å². The van der Waals surface area contributed by atoms with Gasteiger partial charge in [0.15, 0.2) is 5.76 Å². The fourth-order valence-corrected chi connectivity index (χ4v) is 0.926. The average Bonchev–Trinajstić information content (AvgIpc) is 2.50. The van der Waals surface area contributed by atoms with E-state index in [-0.39, 0.29) is 5.91 Å². The van der Waals surface area contributed by atoms with Crippen LogP contribution in [0, 0.1) is 12.8 Å². The van der Waals surface area contributed by atoms with Gasteiger partial charge in [0.2, 0.25) is 0 Å². The molecule has 0 saturated carbocycles. The standard InChI is InChI=1S/C10H15NO3/c1-7(2)6-14-11-10(12)9-8(3)4-5-13-9/h4-5,7H,6H2,1-3H3,(H,11,12). The highest BCUT2D eigenvalue weighted by Crippen LogP contribution is 2.07. The Balaban J connectivity index is 2.40. The van der Waals surface area contributed by atoms with E-state index < -0.39 is 0 Å². The van der Waals surface area contributed by atoms with Gasteiger partial charge in [-0.2, -0.15) is 0 Å². The third-order valence-corrected chi connectivity index (χ3v) is 1.65. The molecule has 4 nitrogen and oxygen atoms in total. The number of amides is 1. The second-order valence-electron chi connectivity index (χ2n) is 3.57. The molecule has 0 aliphatic carbocycles. The van der Waals surface area contributed by atoms with Crippen molar-refractivity contribution < 1.29 is 14.0 Å². The summed E-state index contributed by atoms with van der Waals surface area (Å²) in [5, 5.41) is 0. The predicted octanol–water partition coefficient (Wildman–Crippen LogP) is 1.91. The van der Waals surface area contributed by atoms with Crippen molar-refractivity contribution in [3.63, 3.8) is 0 Å². The molecule has 0 aliphatic rings. The van der Waals surface area contributed by atoms with Crippen molar-refractivity contribution in [3.05, 3.63) is 23.7 Å². The molecule has 0 bridgehead atoms. The molecule has 0 unspecified atom stereocenters. The van der Waals surface area contributed by atoms with Crippen molar-refractivity contribution in [1.29, 1.82) is 0 Å². The summed E-state index contributed by atoms with van der Waals surface area (Å²) < 4.78 is 4.99. The lowest BCUT2D eigenvalue weighted by atomic mass is 10.2. The van der Waals surface area contributed by atoms with E-state index in [0.29, 0.717) is 18.3 Å². The number of hydrogen-bond donors (Lipinski definition) is 1. The summed E-state index contributed by atoms with van der Waals surface area (Å²) >= 11 is 0. The van der Waals surface area contributed by atoms with E-state index >= 15 is 0 Å². The highest BCUT2D eigenvalue weighted by molar-refractivity contribution is 5.91. The molecule has 0 saturated heterocycles. The minimum absolute atomic E-state index is 0.300. The highest BCUT2D eigenvalue weighted by atomic mass is 16.7. The van der Waals surface area contributed by atoms with E-state index in [1.165, 1.54) is 6.26 Å². The topological polar surface area (TPSA) is 51.5 Å². The maximum Gasteiger partial charge on any atom is 0.310 e. The monoisotopic (exact) mass is 197 g/mol. The predicted molar refractivity (Wildman–Crippen MR) is 51.7 cm³/mol. The first-order valence-electron chi connectivity index (χ1n) is 4.57. The molecular weight excluding hydrogens is 182 g/mol. The Morgan fingerprint density at radius 2 is 2.36 bits per heavy atom. The van der Waals surface area contributed by atoms with Crippen LogP contribution in [0.3, 0.4) is 0 Å². The summed E-state index contributed by atoms with van der Waals surface area (Å²) in [4.78, 5) is 16.4. The third kappa shape index (κ3) is 2.88. The van der Waals surface area contributed by atoms with Crippen LogP contribution in [0.1, 0.15) is 30.0 Å². The third-order valence-electron chi connectivity index (χ3n) is 1.65. The summed E-state index contributed by atoms with van der Waals surface area (Å²) in [5.74, 6) is 0.343. The van der Waals surface area contributed by atoms with Crippen LogP contribution in [0.25, 0.3) is 0 Å². The van der Waals surface area contributed by atoms with Gasteiger partial charge in [-0.15, -0.1) is 0 Å². The van der Waals surface area contributed by atoms with Gasteiger partial charge < -0.3 is 4.42 Å².